The number of aliphatic hydroxyl groups excluding tert-OH is 1. The Balaban J connectivity index is 5.14. The van der Waals surface area contributed by atoms with Crippen molar-refractivity contribution >= 4 is 39.5 Å². The molecule has 19 heteroatoms. The highest BCUT2D eigenvalue weighted by Crippen LogP contribution is 2.45. The van der Waals surface area contributed by atoms with Crippen molar-refractivity contribution in [2.75, 3.05) is 39.6 Å². The molecule has 0 aromatic carbocycles. The number of phosphoric ester groups is 2. The summed E-state index contributed by atoms with van der Waals surface area (Å²) in [5, 5.41) is 10.6. The largest absolute Gasteiger partial charge is 0.472 e. The molecule has 0 amide bonds. The van der Waals surface area contributed by atoms with Gasteiger partial charge in [-0.25, -0.2) is 9.13 Å². The molecule has 17 nitrogen and oxygen atoms in total. The van der Waals surface area contributed by atoms with E-state index in [0.717, 1.165) is 109 Å². The number of hydrogen-bond acceptors (Lipinski definition) is 15. The van der Waals surface area contributed by atoms with E-state index in [0.29, 0.717) is 43.4 Å². The van der Waals surface area contributed by atoms with Crippen molar-refractivity contribution in [3.8, 4) is 0 Å². The quantitative estimate of drug-likeness (QED) is 0.0222. The number of phosphoric acid groups is 2. The van der Waals surface area contributed by atoms with E-state index in [1.54, 1.807) is 0 Å². The van der Waals surface area contributed by atoms with Gasteiger partial charge < -0.3 is 33.8 Å². The van der Waals surface area contributed by atoms with Crippen LogP contribution in [0.2, 0.25) is 0 Å². The Hall–Kier alpha value is -1.94. The molecular formula is C71H138O17P2. The van der Waals surface area contributed by atoms with Crippen LogP contribution in [0.4, 0.5) is 0 Å². The highest BCUT2D eigenvalue weighted by atomic mass is 31.2. The fraction of sp³-hybridized carbons (Fsp3) is 0.944. The Bertz CT molecular complexity index is 1780. The van der Waals surface area contributed by atoms with E-state index in [4.69, 9.17) is 37.0 Å². The van der Waals surface area contributed by atoms with E-state index < -0.39 is 97.5 Å². The second kappa shape index (κ2) is 60.7. The van der Waals surface area contributed by atoms with Gasteiger partial charge in [0.25, 0.3) is 0 Å². The highest BCUT2D eigenvalue weighted by molar-refractivity contribution is 7.47. The third kappa shape index (κ3) is 64.8. The molecule has 0 bridgehead atoms. The first-order valence-electron chi connectivity index (χ1n) is 36.7. The van der Waals surface area contributed by atoms with Crippen molar-refractivity contribution in [3.63, 3.8) is 0 Å². The van der Waals surface area contributed by atoms with E-state index in [9.17, 15) is 43.2 Å². The van der Waals surface area contributed by atoms with E-state index in [1.165, 1.54) is 141 Å². The summed E-state index contributed by atoms with van der Waals surface area (Å²) in [6.45, 7) is 14.0. The van der Waals surface area contributed by atoms with Crippen LogP contribution in [0.5, 0.6) is 0 Å². The number of carbonyl (C=O) groups is 4. The number of rotatable bonds is 68. The van der Waals surface area contributed by atoms with E-state index in [2.05, 4.69) is 55.4 Å². The van der Waals surface area contributed by atoms with Crippen LogP contribution >= 0.6 is 15.6 Å². The first-order chi connectivity index (χ1) is 43.1. The molecule has 0 saturated heterocycles. The summed E-state index contributed by atoms with van der Waals surface area (Å²) in [5.41, 5.74) is 0. The van der Waals surface area contributed by atoms with Crippen LogP contribution in [0.25, 0.3) is 0 Å². The normalized spacial score (nSPS) is 14.3. The molecule has 0 radical (unpaired) electrons. The van der Waals surface area contributed by atoms with E-state index in [-0.39, 0.29) is 25.7 Å². The molecule has 5 atom stereocenters. The van der Waals surface area contributed by atoms with Crippen molar-refractivity contribution < 1.29 is 80.2 Å². The smallest absolute Gasteiger partial charge is 0.462 e. The molecule has 90 heavy (non-hydrogen) atoms. The molecule has 0 aliphatic heterocycles. The molecule has 0 aromatic heterocycles. The Morgan fingerprint density at radius 1 is 0.278 bits per heavy atom. The summed E-state index contributed by atoms with van der Waals surface area (Å²) in [7, 11) is -9.90. The lowest BCUT2D eigenvalue weighted by Crippen LogP contribution is -2.30. The van der Waals surface area contributed by atoms with Gasteiger partial charge in [0.15, 0.2) is 12.2 Å². The van der Waals surface area contributed by atoms with Crippen molar-refractivity contribution in [1.82, 2.24) is 0 Å². The number of unbranched alkanes of at least 4 members (excludes halogenated alkanes) is 34. The predicted molar refractivity (Wildman–Crippen MR) is 363 cm³/mol. The Morgan fingerprint density at radius 3 is 0.689 bits per heavy atom. The van der Waals surface area contributed by atoms with Gasteiger partial charge in [-0.2, -0.15) is 0 Å². The average molecular weight is 1330 g/mol. The summed E-state index contributed by atoms with van der Waals surface area (Å²) in [6, 6.07) is 0. The summed E-state index contributed by atoms with van der Waals surface area (Å²) in [4.78, 5) is 72.4. The molecule has 0 aliphatic carbocycles. The predicted octanol–water partition coefficient (Wildman–Crippen LogP) is 20.1. The van der Waals surface area contributed by atoms with Gasteiger partial charge in [-0.15, -0.1) is 0 Å². The second-order valence-electron chi connectivity index (χ2n) is 27.5. The van der Waals surface area contributed by atoms with Gasteiger partial charge in [0.1, 0.15) is 19.3 Å². The summed E-state index contributed by atoms with van der Waals surface area (Å²) in [6.07, 6.45) is 43.6. The van der Waals surface area contributed by atoms with Crippen LogP contribution in [0.3, 0.4) is 0 Å². The third-order valence-corrected chi connectivity index (χ3v) is 18.2. The highest BCUT2D eigenvalue weighted by Gasteiger charge is 2.30. The molecule has 0 fully saturated rings. The van der Waals surface area contributed by atoms with Gasteiger partial charge in [-0.1, -0.05) is 299 Å². The van der Waals surface area contributed by atoms with E-state index >= 15 is 0 Å². The Labute approximate surface area is 549 Å². The molecule has 0 spiro atoms. The maximum Gasteiger partial charge on any atom is 0.472 e. The lowest BCUT2D eigenvalue weighted by atomic mass is 10.0. The fourth-order valence-electron chi connectivity index (χ4n) is 10.7. The average Bonchev–Trinajstić information content (AvgIpc) is 3.42. The molecule has 0 rings (SSSR count). The minimum absolute atomic E-state index is 0.101. The zero-order chi connectivity index (χ0) is 66.8. The standard InChI is InChI=1S/C71H138O17P2/c1-61(2)47-39-31-23-19-17-15-13-11-9-10-12-14-16-18-20-26-37-45-53-70(75)87-66(57-81-68(73)51-43-35-27-21-24-32-40-48-62(3)4)59-85-89(77,78)83-55-65(72)56-84-90(79,80)86-60-67(88-71(76)54-46-38-30-29-34-42-50-64(7)8)58-82-69(74)52-44-36-28-22-25-33-41-49-63(5)6/h61-67,72H,9-60H2,1-8H3,(H,77,78)(H,79,80)/t65?,66-,67-/m1/s1. The maximum atomic E-state index is 13.0. The second-order valence-corrected chi connectivity index (χ2v) is 30.4. The Kier molecular flexibility index (Phi) is 59.4. The van der Waals surface area contributed by atoms with Gasteiger partial charge in [-0.3, -0.25) is 37.3 Å². The topological polar surface area (TPSA) is 237 Å². The number of hydrogen-bond donors (Lipinski definition) is 3. The first kappa shape index (κ1) is 88.1. The SMILES string of the molecule is CC(C)CCCCCCCCCCCCCCCCCCCCC(=O)O[C@H](COC(=O)CCCCCCCCCC(C)C)COP(=O)(O)OCC(O)COP(=O)(O)OC[C@@H](COC(=O)CCCCCCCCCC(C)C)OC(=O)CCCCCCCCC(C)C. The molecule has 0 aromatic rings. The van der Waals surface area contributed by atoms with Gasteiger partial charge in [0, 0.05) is 25.7 Å². The van der Waals surface area contributed by atoms with Gasteiger partial charge in [0.2, 0.25) is 0 Å². The van der Waals surface area contributed by atoms with Crippen LogP contribution in [-0.4, -0.2) is 96.7 Å². The van der Waals surface area contributed by atoms with Gasteiger partial charge in [0.05, 0.1) is 26.4 Å². The van der Waals surface area contributed by atoms with Crippen molar-refractivity contribution in [1.29, 1.82) is 0 Å². The number of aliphatic hydroxyl groups is 1. The molecular weight excluding hydrogens is 1190 g/mol. The minimum Gasteiger partial charge on any atom is -0.462 e. The molecule has 534 valence electrons. The summed E-state index contributed by atoms with van der Waals surface area (Å²) in [5.74, 6) is 0.764. The van der Waals surface area contributed by atoms with Crippen LogP contribution in [0.15, 0.2) is 0 Å². The molecule has 3 unspecified atom stereocenters. The summed E-state index contributed by atoms with van der Waals surface area (Å²) < 4.78 is 68.2. The number of esters is 4. The van der Waals surface area contributed by atoms with Gasteiger partial charge in [-0.05, 0) is 49.4 Å². The third-order valence-electron chi connectivity index (χ3n) is 16.3. The van der Waals surface area contributed by atoms with Crippen molar-refractivity contribution in [3.05, 3.63) is 0 Å². The molecule has 3 N–H and O–H groups in total. The summed E-state index contributed by atoms with van der Waals surface area (Å²) >= 11 is 0. The van der Waals surface area contributed by atoms with Gasteiger partial charge >= 0.3 is 39.5 Å². The molecule has 0 aliphatic rings. The van der Waals surface area contributed by atoms with Crippen molar-refractivity contribution in [2.45, 2.75) is 369 Å². The number of carbonyl (C=O) groups excluding carboxylic acids is 4. The maximum absolute atomic E-state index is 13.0. The lowest BCUT2D eigenvalue weighted by Gasteiger charge is -2.21. The monoisotopic (exact) mass is 1320 g/mol. The molecule has 0 saturated carbocycles. The van der Waals surface area contributed by atoms with E-state index in [1.807, 2.05) is 0 Å². The number of ether oxygens (including phenoxy) is 4. The van der Waals surface area contributed by atoms with Crippen LogP contribution < -0.4 is 0 Å². The van der Waals surface area contributed by atoms with Crippen molar-refractivity contribution in [2.24, 2.45) is 23.7 Å². The van der Waals surface area contributed by atoms with Crippen LogP contribution in [0.1, 0.15) is 351 Å². The fourth-order valence-corrected chi connectivity index (χ4v) is 12.2. The van der Waals surface area contributed by atoms with Crippen LogP contribution in [0, 0.1) is 23.7 Å². The Morgan fingerprint density at radius 2 is 0.467 bits per heavy atom. The molecule has 0 heterocycles. The lowest BCUT2D eigenvalue weighted by molar-refractivity contribution is -0.161. The zero-order valence-corrected chi connectivity index (χ0v) is 60.6. The zero-order valence-electron chi connectivity index (χ0n) is 58.8. The first-order valence-corrected chi connectivity index (χ1v) is 39.7. The van der Waals surface area contributed by atoms with Crippen LogP contribution in [-0.2, 0) is 65.4 Å². The minimum atomic E-state index is -4.95.